The van der Waals surface area contributed by atoms with Crippen LogP contribution in [0.5, 0.6) is 11.5 Å². The van der Waals surface area contributed by atoms with Gasteiger partial charge in [-0.25, -0.2) is 4.98 Å². The van der Waals surface area contributed by atoms with Crippen molar-refractivity contribution in [2.45, 2.75) is 6.29 Å². The number of fused-ring (bicyclic) bond motifs is 2. The molecule has 0 saturated carbocycles. The number of benzene rings is 2. The first kappa shape index (κ1) is 12.7. The van der Waals surface area contributed by atoms with Gasteiger partial charge in [-0.15, -0.1) is 11.3 Å². The molecule has 5 heteroatoms. The lowest BCUT2D eigenvalue weighted by Gasteiger charge is -2.05. The summed E-state index contributed by atoms with van der Waals surface area (Å²) in [6.45, 7) is 0. The van der Waals surface area contributed by atoms with Crippen LogP contribution in [0.1, 0.15) is 11.3 Å². The van der Waals surface area contributed by atoms with Crippen LogP contribution in [0.15, 0.2) is 60.8 Å². The van der Waals surface area contributed by atoms with Crippen molar-refractivity contribution in [1.29, 1.82) is 0 Å². The molecule has 4 aromatic rings. The van der Waals surface area contributed by atoms with E-state index in [1.165, 1.54) is 0 Å². The van der Waals surface area contributed by atoms with Crippen molar-refractivity contribution in [3.05, 3.63) is 65.8 Å². The van der Waals surface area contributed by atoms with Crippen molar-refractivity contribution in [1.82, 2.24) is 9.97 Å². The second-order valence-electron chi connectivity index (χ2n) is 5.30. The van der Waals surface area contributed by atoms with E-state index in [4.69, 9.17) is 14.5 Å². The molecule has 5 rings (SSSR count). The zero-order chi connectivity index (χ0) is 15.2. The average molecular weight is 320 g/mol. The summed E-state index contributed by atoms with van der Waals surface area (Å²) < 4.78 is 12.9. The van der Waals surface area contributed by atoms with Gasteiger partial charge in [0.2, 0.25) is 0 Å². The van der Waals surface area contributed by atoms with Crippen LogP contribution in [0.2, 0.25) is 0 Å². The Kier molecular flexibility index (Phi) is 2.69. The highest BCUT2D eigenvalue weighted by Crippen LogP contribution is 2.42. The zero-order valence-electron chi connectivity index (χ0n) is 12.0. The number of rotatable bonds is 2. The van der Waals surface area contributed by atoms with Crippen molar-refractivity contribution < 1.29 is 9.47 Å². The number of aromatic nitrogens is 2. The summed E-state index contributed by atoms with van der Waals surface area (Å²) in [4.78, 5) is 8.02. The molecular formula is C18H12N2O2S. The third-order valence-corrected chi connectivity index (χ3v) is 4.88. The van der Waals surface area contributed by atoms with Gasteiger partial charge in [0.1, 0.15) is 0 Å². The SMILES string of the molecule is c1c[nH]c(-c2cccc3sc(C4Oc5ccccc5O4)nc23)c1. The van der Waals surface area contributed by atoms with E-state index < -0.39 is 6.29 Å². The zero-order valence-corrected chi connectivity index (χ0v) is 12.8. The number of nitrogens with zero attached hydrogens (tertiary/aromatic N) is 1. The molecule has 4 nitrogen and oxygen atoms in total. The van der Waals surface area contributed by atoms with E-state index in [1.807, 2.05) is 48.7 Å². The number of ether oxygens (including phenoxy) is 2. The Labute approximate surface area is 136 Å². The van der Waals surface area contributed by atoms with Gasteiger partial charge in [0.15, 0.2) is 16.5 Å². The van der Waals surface area contributed by atoms with Crippen LogP contribution in [-0.2, 0) is 0 Å². The summed E-state index contributed by atoms with van der Waals surface area (Å²) in [5.41, 5.74) is 3.12. The van der Waals surface area contributed by atoms with E-state index in [0.717, 1.165) is 38.0 Å². The molecule has 1 aliphatic heterocycles. The minimum atomic E-state index is -0.471. The minimum absolute atomic E-state index is 0.471. The van der Waals surface area contributed by atoms with E-state index in [0.29, 0.717) is 0 Å². The van der Waals surface area contributed by atoms with Crippen LogP contribution < -0.4 is 9.47 Å². The van der Waals surface area contributed by atoms with Crippen LogP contribution in [-0.4, -0.2) is 9.97 Å². The first-order valence-corrected chi connectivity index (χ1v) is 8.16. The summed E-state index contributed by atoms with van der Waals surface area (Å²) in [6, 6.07) is 17.9. The molecule has 1 aliphatic rings. The molecule has 0 aliphatic carbocycles. The second-order valence-corrected chi connectivity index (χ2v) is 6.36. The van der Waals surface area contributed by atoms with Gasteiger partial charge < -0.3 is 14.5 Å². The number of thiazole rings is 1. The van der Waals surface area contributed by atoms with Crippen molar-refractivity contribution in [2.75, 3.05) is 0 Å². The number of hydrogen-bond donors (Lipinski definition) is 1. The Morgan fingerprint density at radius 3 is 2.48 bits per heavy atom. The summed E-state index contributed by atoms with van der Waals surface area (Å²) in [5, 5.41) is 0.829. The molecule has 0 amide bonds. The van der Waals surface area contributed by atoms with E-state index in [-0.39, 0.29) is 0 Å². The smallest absolute Gasteiger partial charge is 0.294 e. The summed E-state index contributed by atoms with van der Waals surface area (Å²) in [5.74, 6) is 1.53. The van der Waals surface area contributed by atoms with Gasteiger partial charge in [-0.1, -0.05) is 24.3 Å². The lowest BCUT2D eigenvalue weighted by atomic mass is 10.1. The molecule has 0 bridgehead atoms. The maximum Gasteiger partial charge on any atom is 0.294 e. The van der Waals surface area contributed by atoms with Gasteiger partial charge >= 0.3 is 0 Å². The number of aromatic amines is 1. The second kappa shape index (κ2) is 4.86. The molecule has 3 heterocycles. The molecule has 23 heavy (non-hydrogen) atoms. The van der Waals surface area contributed by atoms with Crippen LogP contribution in [0.25, 0.3) is 21.5 Å². The number of nitrogens with one attached hydrogen (secondary N) is 1. The van der Waals surface area contributed by atoms with Crippen LogP contribution in [0.4, 0.5) is 0 Å². The van der Waals surface area contributed by atoms with E-state index in [9.17, 15) is 0 Å². The highest BCUT2D eigenvalue weighted by atomic mass is 32.1. The average Bonchev–Trinajstić information content (AvgIpc) is 3.31. The Morgan fingerprint density at radius 2 is 1.74 bits per heavy atom. The fourth-order valence-electron chi connectivity index (χ4n) is 2.78. The highest BCUT2D eigenvalue weighted by molar-refractivity contribution is 7.18. The number of H-pyrrole nitrogens is 1. The van der Waals surface area contributed by atoms with E-state index >= 15 is 0 Å². The van der Waals surface area contributed by atoms with Crippen molar-refractivity contribution in [2.24, 2.45) is 0 Å². The standard InChI is InChI=1S/C18H12N2O2S/c1-2-8-14-13(7-1)21-18(22-14)17-20-16-11(12-6-4-10-19-12)5-3-9-15(16)23-17/h1-10,18-19H. The predicted octanol–water partition coefficient (Wildman–Crippen LogP) is 4.76. The first-order valence-electron chi connectivity index (χ1n) is 7.34. The van der Waals surface area contributed by atoms with Crippen LogP contribution in [0.3, 0.4) is 0 Å². The summed E-state index contributed by atoms with van der Waals surface area (Å²) >= 11 is 1.60. The van der Waals surface area contributed by atoms with Crippen LogP contribution in [0, 0.1) is 0 Å². The lowest BCUT2D eigenvalue weighted by Crippen LogP contribution is -2.07. The number of para-hydroxylation sites is 3. The molecule has 2 aromatic heterocycles. The minimum Gasteiger partial charge on any atom is -0.444 e. The molecule has 1 N–H and O–H groups in total. The largest absolute Gasteiger partial charge is 0.444 e. The quantitative estimate of drug-likeness (QED) is 0.579. The molecule has 0 radical (unpaired) electrons. The first-order chi connectivity index (χ1) is 11.4. The van der Waals surface area contributed by atoms with Gasteiger partial charge in [0, 0.05) is 17.5 Å². The Bertz CT molecular complexity index is 966. The topological polar surface area (TPSA) is 47.1 Å². The van der Waals surface area contributed by atoms with Crippen molar-refractivity contribution in [3.8, 4) is 22.8 Å². The lowest BCUT2D eigenvalue weighted by molar-refractivity contribution is 0.0487. The fraction of sp³-hybridized carbons (Fsp3) is 0.0556. The fourth-order valence-corrected chi connectivity index (χ4v) is 3.74. The molecule has 2 aromatic carbocycles. The third kappa shape index (κ3) is 2.01. The molecule has 0 atom stereocenters. The van der Waals surface area contributed by atoms with Crippen LogP contribution >= 0.6 is 11.3 Å². The van der Waals surface area contributed by atoms with E-state index in [1.54, 1.807) is 11.3 Å². The molecule has 0 unspecified atom stereocenters. The van der Waals surface area contributed by atoms with Crippen molar-refractivity contribution >= 4 is 21.6 Å². The van der Waals surface area contributed by atoms with Gasteiger partial charge in [0.05, 0.1) is 10.2 Å². The molecule has 0 spiro atoms. The van der Waals surface area contributed by atoms with Gasteiger partial charge in [-0.2, -0.15) is 0 Å². The monoisotopic (exact) mass is 320 g/mol. The Hall–Kier alpha value is -2.79. The molecule has 112 valence electrons. The maximum absolute atomic E-state index is 5.87. The van der Waals surface area contributed by atoms with Crippen molar-refractivity contribution in [3.63, 3.8) is 0 Å². The molecular weight excluding hydrogens is 308 g/mol. The highest BCUT2D eigenvalue weighted by Gasteiger charge is 2.28. The normalized spacial score (nSPS) is 13.7. The third-order valence-electron chi connectivity index (χ3n) is 3.84. The number of hydrogen-bond acceptors (Lipinski definition) is 4. The van der Waals surface area contributed by atoms with E-state index in [2.05, 4.69) is 17.1 Å². The summed E-state index contributed by atoms with van der Waals surface area (Å²) in [7, 11) is 0. The molecule has 0 fully saturated rings. The Morgan fingerprint density at radius 1 is 0.913 bits per heavy atom. The predicted molar refractivity (Wildman–Crippen MR) is 89.8 cm³/mol. The maximum atomic E-state index is 5.87. The van der Waals surface area contributed by atoms with Gasteiger partial charge in [0.25, 0.3) is 6.29 Å². The molecule has 0 saturated heterocycles. The Balaban J connectivity index is 1.58. The van der Waals surface area contributed by atoms with Gasteiger partial charge in [-0.05, 0) is 30.3 Å². The summed E-state index contributed by atoms with van der Waals surface area (Å²) in [6.07, 6.45) is 1.45. The van der Waals surface area contributed by atoms with Gasteiger partial charge in [-0.3, -0.25) is 0 Å².